The van der Waals surface area contributed by atoms with Crippen LogP contribution >= 0.6 is 0 Å². The van der Waals surface area contributed by atoms with Crippen molar-refractivity contribution < 1.29 is 4.39 Å². The molecule has 1 saturated heterocycles. The van der Waals surface area contributed by atoms with Crippen LogP contribution in [0.15, 0.2) is 42.6 Å². The Labute approximate surface area is 167 Å². The predicted octanol–water partition coefficient (Wildman–Crippen LogP) is 3.92. The van der Waals surface area contributed by atoms with Gasteiger partial charge in [0.15, 0.2) is 5.82 Å². The maximum absolute atomic E-state index is 13.2. The number of hydrogen-bond acceptors (Lipinski definition) is 4. The van der Waals surface area contributed by atoms with Crippen molar-refractivity contribution in [3.8, 4) is 0 Å². The summed E-state index contributed by atoms with van der Waals surface area (Å²) in [5.74, 6) is 1.87. The van der Waals surface area contributed by atoms with Crippen LogP contribution in [0.25, 0.3) is 0 Å². The summed E-state index contributed by atoms with van der Waals surface area (Å²) in [6.07, 6.45) is 7.26. The predicted molar refractivity (Wildman–Crippen MR) is 111 cm³/mol. The number of halogens is 1. The summed E-state index contributed by atoms with van der Waals surface area (Å²) in [6, 6.07) is 11.8. The Balaban J connectivity index is 1.32. The number of aromatic nitrogens is 1. The number of benzene rings is 1. The Morgan fingerprint density at radius 3 is 2.64 bits per heavy atom. The first-order chi connectivity index (χ1) is 13.8. The fourth-order valence-corrected chi connectivity index (χ4v) is 4.90. The minimum atomic E-state index is -0.161. The summed E-state index contributed by atoms with van der Waals surface area (Å²) in [5, 5.41) is 0. The first kappa shape index (κ1) is 17.9. The summed E-state index contributed by atoms with van der Waals surface area (Å²) in [7, 11) is 0. The van der Waals surface area contributed by atoms with Crippen LogP contribution in [0.2, 0.25) is 0 Å². The van der Waals surface area contributed by atoms with Crippen molar-refractivity contribution in [1.82, 2.24) is 9.88 Å². The van der Waals surface area contributed by atoms with Crippen molar-refractivity contribution in [2.75, 3.05) is 42.5 Å². The molecule has 148 valence electrons. The van der Waals surface area contributed by atoms with Gasteiger partial charge in [0, 0.05) is 51.5 Å². The highest BCUT2D eigenvalue weighted by Gasteiger charge is 2.34. The molecule has 0 amide bonds. The molecular weight excluding hydrogens is 351 g/mol. The maximum Gasteiger partial charge on any atom is 0.152 e. The molecule has 1 aromatic heterocycles. The lowest BCUT2D eigenvalue weighted by molar-refractivity contribution is 0.211. The van der Waals surface area contributed by atoms with Gasteiger partial charge in [-0.05, 0) is 55.0 Å². The third kappa shape index (κ3) is 3.60. The van der Waals surface area contributed by atoms with Crippen LogP contribution in [0.3, 0.4) is 0 Å². The monoisotopic (exact) mass is 380 g/mol. The van der Waals surface area contributed by atoms with Crippen molar-refractivity contribution >= 4 is 11.5 Å². The molecule has 0 radical (unpaired) electrons. The Hall–Kier alpha value is -2.14. The van der Waals surface area contributed by atoms with Gasteiger partial charge in [-0.25, -0.2) is 9.37 Å². The van der Waals surface area contributed by atoms with E-state index in [1.54, 1.807) is 12.1 Å². The Morgan fingerprint density at radius 2 is 1.86 bits per heavy atom. The van der Waals surface area contributed by atoms with Crippen molar-refractivity contribution in [1.29, 1.82) is 0 Å². The second-order valence-corrected chi connectivity index (χ2v) is 8.59. The van der Waals surface area contributed by atoms with E-state index in [1.165, 1.54) is 49.3 Å². The minimum absolute atomic E-state index is 0.161. The van der Waals surface area contributed by atoms with Crippen LogP contribution in [0, 0.1) is 11.7 Å². The molecule has 2 fully saturated rings. The zero-order valence-corrected chi connectivity index (χ0v) is 16.4. The van der Waals surface area contributed by atoms with Crippen LogP contribution in [-0.2, 0) is 6.54 Å². The van der Waals surface area contributed by atoms with E-state index in [0.29, 0.717) is 6.04 Å². The Bertz CT molecular complexity index is 805. The molecular formula is C23H29FN4. The average Bonchev–Trinajstić information content (AvgIpc) is 2.83. The molecule has 0 spiro atoms. The number of pyridine rings is 1. The van der Waals surface area contributed by atoms with Gasteiger partial charge in [-0.2, -0.15) is 0 Å². The molecule has 3 heterocycles. The largest absolute Gasteiger partial charge is 0.368 e. The van der Waals surface area contributed by atoms with Gasteiger partial charge in [0.2, 0.25) is 0 Å². The van der Waals surface area contributed by atoms with E-state index in [2.05, 4.69) is 26.8 Å². The van der Waals surface area contributed by atoms with E-state index < -0.39 is 0 Å². The second kappa shape index (κ2) is 7.70. The van der Waals surface area contributed by atoms with Gasteiger partial charge in [-0.15, -0.1) is 0 Å². The fraction of sp³-hybridized carbons (Fsp3) is 0.522. The molecule has 5 heteroatoms. The van der Waals surface area contributed by atoms with Crippen molar-refractivity contribution in [2.24, 2.45) is 5.92 Å². The molecule has 1 aromatic carbocycles. The topological polar surface area (TPSA) is 22.6 Å². The van der Waals surface area contributed by atoms with Crippen LogP contribution in [0.4, 0.5) is 15.9 Å². The number of fused-ring (bicyclic) bond motifs is 3. The zero-order chi connectivity index (χ0) is 18.9. The van der Waals surface area contributed by atoms with Gasteiger partial charge in [-0.3, -0.25) is 4.90 Å². The van der Waals surface area contributed by atoms with E-state index in [1.807, 2.05) is 18.3 Å². The summed E-state index contributed by atoms with van der Waals surface area (Å²) in [6.45, 7) is 6.26. The molecule has 28 heavy (non-hydrogen) atoms. The molecule has 0 bridgehead atoms. The van der Waals surface area contributed by atoms with E-state index in [4.69, 9.17) is 4.98 Å². The van der Waals surface area contributed by atoms with Gasteiger partial charge in [-0.1, -0.05) is 18.6 Å². The lowest BCUT2D eigenvalue weighted by atomic mass is 9.85. The first-order valence-corrected chi connectivity index (χ1v) is 10.7. The molecule has 1 aliphatic carbocycles. The lowest BCUT2D eigenvalue weighted by Crippen LogP contribution is -2.53. The fourth-order valence-electron chi connectivity index (χ4n) is 4.90. The number of nitrogens with zero attached hydrogens (tertiary/aromatic N) is 4. The summed E-state index contributed by atoms with van der Waals surface area (Å²) in [4.78, 5) is 12.5. The standard InChI is InChI=1S/C23H29FN4/c24-20-8-6-19(7-9-20)15-26-13-14-28-21(17-26)10-12-27(16-18-3-1-4-18)22-5-2-11-25-23(22)28/h2,5-9,11,18,21H,1,3-4,10,12-17H2. The molecule has 1 saturated carbocycles. The summed E-state index contributed by atoms with van der Waals surface area (Å²) in [5.41, 5.74) is 2.51. The van der Waals surface area contributed by atoms with Crippen molar-refractivity contribution in [2.45, 2.75) is 38.3 Å². The van der Waals surface area contributed by atoms with E-state index in [9.17, 15) is 4.39 Å². The Kier molecular flexibility index (Phi) is 4.93. The quantitative estimate of drug-likeness (QED) is 0.802. The molecule has 3 aliphatic rings. The SMILES string of the molecule is Fc1ccc(CN2CCN3c4ncccc4N(CC4CCC4)CCC3C2)cc1. The van der Waals surface area contributed by atoms with Crippen LogP contribution in [0.1, 0.15) is 31.2 Å². The van der Waals surface area contributed by atoms with E-state index in [0.717, 1.165) is 38.6 Å². The zero-order valence-electron chi connectivity index (χ0n) is 16.4. The molecule has 1 atom stereocenters. The molecule has 0 N–H and O–H groups in total. The molecule has 5 rings (SSSR count). The molecule has 2 aromatic rings. The van der Waals surface area contributed by atoms with E-state index in [-0.39, 0.29) is 5.82 Å². The van der Waals surface area contributed by atoms with E-state index >= 15 is 0 Å². The van der Waals surface area contributed by atoms with Crippen LogP contribution < -0.4 is 9.80 Å². The van der Waals surface area contributed by atoms with Crippen LogP contribution in [0.5, 0.6) is 0 Å². The highest BCUT2D eigenvalue weighted by Crippen LogP contribution is 2.36. The second-order valence-electron chi connectivity index (χ2n) is 8.59. The lowest BCUT2D eigenvalue weighted by Gasteiger charge is -2.41. The first-order valence-electron chi connectivity index (χ1n) is 10.7. The van der Waals surface area contributed by atoms with Gasteiger partial charge in [0.1, 0.15) is 5.82 Å². The number of rotatable bonds is 4. The molecule has 1 unspecified atom stereocenters. The van der Waals surface area contributed by atoms with Crippen molar-refractivity contribution in [3.63, 3.8) is 0 Å². The smallest absolute Gasteiger partial charge is 0.152 e. The third-order valence-electron chi connectivity index (χ3n) is 6.70. The highest BCUT2D eigenvalue weighted by molar-refractivity contribution is 5.68. The van der Waals surface area contributed by atoms with Crippen LogP contribution in [-0.4, -0.2) is 48.6 Å². The maximum atomic E-state index is 13.2. The third-order valence-corrected chi connectivity index (χ3v) is 6.70. The number of hydrogen-bond donors (Lipinski definition) is 0. The number of piperazine rings is 1. The van der Waals surface area contributed by atoms with Gasteiger partial charge >= 0.3 is 0 Å². The van der Waals surface area contributed by atoms with Crippen molar-refractivity contribution in [3.05, 3.63) is 54.0 Å². The van der Waals surface area contributed by atoms with Gasteiger partial charge in [0.05, 0.1) is 5.69 Å². The van der Waals surface area contributed by atoms with Gasteiger partial charge < -0.3 is 9.80 Å². The average molecular weight is 381 g/mol. The summed E-state index contributed by atoms with van der Waals surface area (Å²) >= 11 is 0. The molecule has 2 aliphatic heterocycles. The Morgan fingerprint density at radius 1 is 1.00 bits per heavy atom. The summed E-state index contributed by atoms with van der Waals surface area (Å²) < 4.78 is 13.2. The van der Waals surface area contributed by atoms with Gasteiger partial charge in [0.25, 0.3) is 0 Å². The highest BCUT2D eigenvalue weighted by atomic mass is 19.1. The minimum Gasteiger partial charge on any atom is -0.368 e. The number of anilines is 2. The molecule has 4 nitrogen and oxygen atoms in total. The normalized spacial score (nSPS) is 23.0.